The first kappa shape index (κ1) is 19.0. The largest absolute Gasteiger partial charge is 0.352 e. The van der Waals surface area contributed by atoms with Gasteiger partial charge in [-0.25, -0.2) is 9.97 Å². The molecule has 7 nitrogen and oxygen atoms in total. The number of hydrogen-bond donors (Lipinski definition) is 2. The summed E-state index contributed by atoms with van der Waals surface area (Å²) < 4.78 is 13.8. The molecule has 0 spiro atoms. The molecule has 29 heavy (non-hydrogen) atoms. The van der Waals surface area contributed by atoms with Gasteiger partial charge in [0.25, 0.3) is 0 Å². The highest BCUT2D eigenvalue weighted by Gasteiger charge is 2.26. The van der Waals surface area contributed by atoms with Crippen molar-refractivity contribution in [2.24, 2.45) is 0 Å². The fourth-order valence-corrected chi connectivity index (χ4v) is 3.84. The number of halogens is 1. The Morgan fingerprint density at radius 1 is 1.28 bits per heavy atom. The van der Waals surface area contributed by atoms with Crippen molar-refractivity contribution >= 4 is 33.4 Å². The number of nitriles is 1. The Bertz CT molecular complexity index is 1120. The van der Waals surface area contributed by atoms with Crippen LogP contribution in [0.4, 0.5) is 4.39 Å². The van der Waals surface area contributed by atoms with Crippen LogP contribution in [0.5, 0.6) is 0 Å². The minimum atomic E-state index is -1.10. The number of aromatic nitrogens is 2. The van der Waals surface area contributed by atoms with Crippen molar-refractivity contribution < 1.29 is 14.0 Å². The van der Waals surface area contributed by atoms with Crippen LogP contribution in [0.3, 0.4) is 0 Å². The van der Waals surface area contributed by atoms with Crippen LogP contribution >= 0.6 is 11.3 Å². The van der Waals surface area contributed by atoms with E-state index in [1.54, 1.807) is 12.1 Å². The lowest BCUT2D eigenvalue weighted by Crippen LogP contribution is -2.39. The Morgan fingerprint density at radius 3 is 2.76 bits per heavy atom. The molecule has 0 radical (unpaired) electrons. The third-order valence-electron chi connectivity index (χ3n) is 4.47. The molecular formula is C20H16FN5O2S. The van der Waals surface area contributed by atoms with Gasteiger partial charge < -0.3 is 10.6 Å². The van der Waals surface area contributed by atoms with Gasteiger partial charge in [0.1, 0.15) is 5.01 Å². The Hall–Kier alpha value is -3.38. The van der Waals surface area contributed by atoms with Gasteiger partial charge >= 0.3 is 0 Å². The summed E-state index contributed by atoms with van der Waals surface area (Å²) in [5.41, 5.74) is 2.23. The molecule has 2 N–H and O–H groups in total. The summed E-state index contributed by atoms with van der Waals surface area (Å²) in [6.07, 6.45) is 3.36. The van der Waals surface area contributed by atoms with Crippen molar-refractivity contribution in [3.63, 3.8) is 0 Å². The molecule has 3 aromatic rings. The van der Waals surface area contributed by atoms with Crippen molar-refractivity contribution in [3.05, 3.63) is 47.5 Å². The van der Waals surface area contributed by atoms with Crippen molar-refractivity contribution in [1.82, 2.24) is 20.6 Å². The second-order valence-electron chi connectivity index (χ2n) is 6.73. The van der Waals surface area contributed by atoms with Crippen LogP contribution < -0.4 is 10.6 Å². The lowest BCUT2D eigenvalue weighted by molar-refractivity contribution is -0.126. The van der Waals surface area contributed by atoms with Gasteiger partial charge in [-0.15, -0.1) is 11.3 Å². The van der Waals surface area contributed by atoms with Crippen LogP contribution in [0, 0.1) is 17.3 Å². The first-order valence-corrected chi connectivity index (χ1v) is 9.84. The SMILES string of the molecule is N#CC(C(=O)NCC(=O)NC1CC1)c1nc2ccc(-c3ccc(F)nc3)cc2s1. The van der Waals surface area contributed by atoms with Gasteiger partial charge in [0.05, 0.1) is 22.8 Å². The summed E-state index contributed by atoms with van der Waals surface area (Å²) in [6, 6.07) is 10.6. The molecule has 2 amide bonds. The molecule has 1 fully saturated rings. The van der Waals surface area contributed by atoms with E-state index >= 15 is 0 Å². The first-order valence-electron chi connectivity index (χ1n) is 9.02. The quantitative estimate of drug-likeness (QED) is 0.608. The Balaban J connectivity index is 1.50. The Kier molecular flexibility index (Phi) is 5.18. The van der Waals surface area contributed by atoms with Crippen molar-refractivity contribution in [3.8, 4) is 17.2 Å². The number of carbonyl (C=O) groups is 2. The number of rotatable bonds is 6. The van der Waals surface area contributed by atoms with Gasteiger partial charge in [-0.3, -0.25) is 9.59 Å². The standard InChI is InChI=1S/C20H16FN5O2S/c21-17-6-2-12(9-23-17)11-1-5-15-16(7-11)29-20(26-15)14(8-22)19(28)24-10-18(27)25-13-3-4-13/h1-2,5-7,9,13-14H,3-4,10H2,(H,24,28)(H,25,27). The molecule has 1 saturated carbocycles. The minimum absolute atomic E-state index is 0.167. The van der Waals surface area contributed by atoms with E-state index in [2.05, 4.69) is 20.6 Å². The highest BCUT2D eigenvalue weighted by molar-refractivity contribution is 7.18. The van der Waals surface area contributed by atoms with E-state index in [1.165, 1.54) is 23.6 Å². The van der Waals surface area contributed by atoms with Crippen LogP contribution in [0.2, 0.25) is 0 Å². The summed E-state index contributed by atoms with van der Waals surface area (Å²) >= 11 is 1.24. The fourth-order valence-electron chi connectivity index (χ4n) is 2.79. The van der Waals surface area contributed by atoms with E-state index in [0.29, 0.717) is 10.5 Å². The van der Waals surface area contributed by atoms with Crippen molar-refractivity contribution in [1.29, 1.82) is 5.26 Å². The molecule has 4 rings (SSSR count). The molecule has 1 aliphatic rings. The van der Waals surface area contributed by atoms with E-state index < -0.39 is 17.8 Å². The van der Waals surface area contributed by atoms with Crippen LogP contribution in [0.1, 0.15) is 23.8 Å². The van der Waals surface area contributed by atoms with E-state index in [-0.39, 0.29) is 18.5 Å². The van der Waals surface area contributed by atoms with Crippen LogP contribution in [0.25, 0.3) is 21.3 Å². The monoisotopic (exact) mass is 409 g/mol. The fraction of sp³-hybridized carbons (Fsp3) is 0.250. The van der Waals surface area contributed by atoms with Gasteiger partial charge in [-0.05, 0) is 42.7 Å². The zero-order valence-corrected chi connectivity index (χ0v) is 16.0. The molecule has 2 aromatic heterocycles. The molecule has 0 bridgehead atoms. The van der Waals surface area contributed by atoms with Gasteiger partial charge in [0, 0.05) is 17.8 Å². The maximum absolute atomic E-state index is 13.0. The predicted octanol–water partition coefficient (Wildman–Crippen LogP) is 2.50. The summed E-state index contributed by atoms with van der Waals surface area (Å²) in [6.45, 7) is -0.167. The Morgan fingerprint density at radius 2 is 2.07 bits per heavy atom. The normalized spacial score (nSPS) is 14.2. The highest BCUT2D eigenvalue weighted by atomic mass is 32.1. The number of amides is 2. The number of carbonyl (C=O) groups excluding carboxylic acids is 2. The van der Waals surface area contributed by atoms with E-state index in [4.69, 9.17) is 0 Å². The number of thiazole rings is 1. The molecule has 1 aliphatic carbocycles. The molecule has 9 heteroatoms. The summed E-state index contributed by atoms with van der Waals surface area (Å²) in [4.78, 5) is 32.2. The molecule has 1 atom stereocenters. The molecule has 2 heterocycles. The maximum atomic E-state index is 13.0. The highest BCUT2D eigenvalue weighted by Crippen LogP contribution is 2.31. The van der Waals surface area contributed by atoms with Gasteiger partial charge in [-0.2, -0.15) is 9.65 Å². The molecule has 146 valence electrons. The number of pyridine rings is 1. The number of hydrogen-bond acceptors (Lipinski definition) is 6. The van der Waals surface area contributed by atoms with Crippen LogP contribution in [-0.4, -0.2) is 34.4 Å². The zero-order chi connectivity index (χ0) is 20.4. The van der Waals surface area contributed by atoms with Gasteiger partial charge in [-0.1, -0.05) is 6.07 Å². The summed E-state index contributed by atoms with van der Waals surface area (Å²) in [5.74, 6) is -2.47. The lowest BCUT2D eigenvalue weighted by Gasteiger charge is -2.08. The minimum Gasteiger partial charge on any atom is -0.352 e. The topological polar surface area (TPSA) is 108 Å². The molecule has 1 aromatic carbocycles. The predicted molar refractivity (Wildman–Crippen MR) is 105 cm³/mol. The molecule has 0 aliphatic heterocycles. The first-order chi connectivity index (χ1) is 14.0. The third kappa shape index (κ3) is 4.38. The number of benzene rings is 1. The lowest BCUT2D eigenvalue weighted by atomic mass is 10.1. The number of nitrogens with zero attached hydrogens (tertiary/aromatic N) is 3. The average molecular weight is 409 g/mol. The van der Waals surface area contributed by atoms with E-state index in [1.807, 2.05) is 18.2 Å². The average Bonchev–Trinajstić information content (AvgIpc) is 3.43. The zero-order valence-electron chi connectivity index (χ0n) is 15.2. The Labute approximate surface area is 169 Å². The smallest absolute Gasteiger partial charge is 0.244 e. The molecular weight excluding hydrogens is 393 g/mol. The van der Waals surface area contributed by atoms with Crippen LogP contribution in [0.15, 0.2) is 36.5 Å². The van der Waals surface area contributed by atoms with Crippen molar-refractivity contribution in [2.45, 2.75) is 24.8 Å². The number of nitrogens with one attached hydrogen (secondary N) is 2. The van der Waals surface area contributed by atoms with Crippen LogP contribution in [-0.2, 0) is 9.59 Å². The molecule has 1 unspecified atom stereocenters. The maximum Gasteiger partial charge on any atom is 0.244 e. The molecule has 0 saturated heterocycles. The summed E-state index contributed by atoms with van der Waals surface area (Å²) in [5, 5.41) is 15.1. The van der Waals surface area contributed by atoms with E-state index in [9.17, 15) is 19.2 Å². The van der Waals surface area contributed by atoms with Gasteiger partial charge in [0.15, 0.2) is 5.92 Å². The third-order valence-corrected chi connectivity index (χ3v) is 5.55. The number of fused-ring (bicyclic) bond motifs is 1. The second-order valence-corrected chi connectivity index (χ2v) is 7.79. The van der Waals surface area contributed by atoms with Crippen molar-refractivity contribution in [2.75, 3.05) is 6.54 Å². The summed E-state index contributed by atoms with van der Waals surface area (Å²) in [7, 11) is 0. The van der Waals surface area contributed by atoms with Gasteiger partial charge in [0.2, 0.25) is 17.8 Å². The van der Waals surface area contributed by atoms with E-state index in [0.717, 1.165) is 28.7 Å². The second kappa shape index (κ2) is 7.93.